The summed E-state index contributed by atoms with van der Waals surface area (Å²) in [4.78, 5) is 0. The second kappa shape index (κ2) is 7.33. The third-order valence-corrected chi connectivity index (χ3v) is 3.22. The highest BCUT2D eigenvalue weighted by molar-refractivity contribution is 5.27. The van der Waals surface area contributed by atoms with Gasteiger partial charge < -0.3 is 10.1 Å². The van der Waals surface area contributed by atoms with Crippen molar-refractivity contribution in [2.24, 2.45) is 0 Å². The lowest BCUT2D eigenvalue weighted by molar-refractivity contribution is 0.182. The Morgan fingerprint density at radius 2 is 1.82 bits per heavy atom. The molecule has 0 aliphatic heterocycles. The van der Waals surface area contributed by atoms with Crippen LogP contribution in [-0.2, 0) is 6.42 Å². The smallest absolute Gasteiger partial charge is 0.119 e. The Morgan fingerprint density at radius 3 is 2.35 bits per heavy atom. The van der Waals surface area contributed by atoms with Gasteiger partial charge in [-0.25, -0.2) is 0 Å². The third kappa shape index (κ3) is 4.78. The monoisotopic (exact) mass is 235 g/mol. The Balaban J connectivity index is 2.50. The molecular weight excluding hydrogens is 210 g/mol. The van der Waals surface area contributed by atoms with Crippen LogP contribution in [0.25, 0.3) is 0 Å². The summed E-state index contributed by atoms with van der Waals surface area (Å²) in [5.74, 6) is 0.958. The first-order chi connectivity index (χ1) is 8.17. The number of aryl methyl sites for hydroxylation is 1. The first-order valence-corrected chi connectivity index (χ1v) is 6.60. The van der Waals surface area contributed by atoms with Crippen LogP contribution in [0.5, 0.6) is 5.75 Å². The molecule has 2 unspecified atom stereocenters. The standard InChI is InChI=1S/C15H25NO/c1-5-6-7-14-8-10-15(11-9-14)17-13(3)12(2)16-4/h8-13,16H,5-7H2,1-4H3. The van der Waals surface area contributed by atoms with E-state index in [0.717, 1.165) is 5.75 Å². The molecule has 0 aliphatic rings. The maximum Gasteiger partial charge on any atom is 0.119 e. The molecule has 0 amide bonds. The van der Waals surface area contributed by atoms with E-state index in [4.69, 9.17) is 4.74 Å². The molecule has 17 heavy (non-hydrogen) atoms. The summed E-state index contributed by atoms with van der Waals surface area (Å²) in [6.07, 6.45) is 3.85. The summed E-state index contributed by atoms with van der Waals surface area (Å²) in [5, 5.41) is 3.20. The van der Waals surface area contributed by atoms with Gasteiger partial charge in [-0.1, -0.05) is 25.5 Å². The average Bonchev–Trinajstić information content (AvgIpc) is 2.37. The van der Waals surface area contributed by atoms with Gasteiger partial charge in [0, 0.05) is 6.04 Å². The SMILES string of the molecule is CCCCc1ccc(OC(C)C(C)NC)cc1. The predicted molar refractivity (Wildman–Crippen MR) is 73.7 cm³/mol. The summed E-state index contributed by atoms with van der Waals surface area (Å²) in [5.41, 5.74) is 1.40. The molecule has 0 saturated carbocycles. The van der Waals surface area contributed by atoms with E-state index in [1.807, 2.05) is 7.05 Å². The first kappa shape index (κ1) is 14.0. The molecule has 2 heteroatoms. The lowest BCUT2D eigenvalue weighted by Gasteiger charge is -2.21. The molecule has 1 aromatic rings. The molecule has 0 fully saturated rings. The zero-order valence-corrected chi connectivity index (χ0v) is 11.5. The van der Waals surface area contributed by atoms with Gasteiger partial charge in [0.15, 0.2) is 0 Å². The molecule has 0 aliphatic carbocycles. The second-order valence-electron chi connectivity index (χ2n) is 4.65. The van der Waals surface area contributed by atoms with Crippen LogP contribution in [0.3, 0.4) is 0 Å². The molecule has 1 aromatic carbocycles. The van der Waals surface area contributed by atoms with Crippen LogP contribution in [0.4, 0.5) is 0 Å². The number of rotatable bonds is 7. The molecule has 0 bridgehead atoms. The van der Waals surface area contributed by atoms with E-state index in [2.05, 4.69) is 50.4 Å². The average molecular weight is 235 g/mol. The molecule has 2 atom stereocenters. The molecule has 0 radical (unpaired) electrons. The van der Waals surface area contributed by atoms with Crippen molar-refractivity contribution >= 4 is 0 Å². The van der Waals surface area contributed by atoms with Gasteiger partial charge in [-0.15, -0.1) is 0 Å². The Labute approximate surface area is 105 Å². The van der Waals surface area contributed by atoms with Gasteiger partial charge in [-0.05, 0) is 51.4 Å². The fourth-order valence-electron chi connectivity index (χ4n) is 1.67. The lowest BCUT2D eigenvalue weighted by atomic mass is 10.1. The zero-order chi connectivity index (χ0) is 12.7. The highest BCUT2D eigenvalue weighted by Crippen LogP contribution is 2.16. The Hall–Kier alpha value is -1.02. The van der Waals surface area contributed by atoms with Crippen molar-refractivity contribution in [3.63, 3.8) is 0 Å². The highest BCUT2D eigenvalue weighted by Gasteiger charge is 2.11. The van der Waals surface area contributed by atoms with Crippen molar-refractivity contribution in [1.29, 1.82) is 0 Å². The minimum absolute atomic E-state index is 0.182. The second-order valence-corrected chi connectivity index (χ2v) is 4.65. The maximum atomic E-state index is 5.86. The zero-order valence-electron chi connectivity index (χ0n) is 11.5. The van der Waals surface area contributed by atoms with Gasteiger partial charge in [-0.3, -0.25) is 0 Å². The van der Waals surface area contributed by atoms with Crippen molar-refractivity contribution in [2.75, 3.05) is 7.05 Å². The highest BCUT2D eigenvalue weighted by atomic mass is 16.5. The number of ether oxygens (including phenoxy) is 1. The summed E-state index contributed by atoms with van der Waals surface area (Å²) in [6.45, 7) is 6.44. The van der Waals surface area contributed by atoms with E-state index < -0.39 is 0 Å². The lowest BCUT2D eigenvalue weighted by Crippen LogP contribution is -2.36. The molecule has 0 spiro atoms. The van der Waals surface area contributed by atoms with Crippen molar-refractivity contribution in [1.82, 2.24) is 5.32 Å². The van der Waals surface area contributed by atoms with Gasteiger partial charge in [-0.2, -0.15) is 0 Å². The van der Waals surface area contributed by atoms with Crippen LogP contribution in [0.15, 0.2) is 24.3 Å². The van der Waals surface area contributed by atoms with E-state index in [1.54, 1.807) is 0 Å². The minimum atomic E-state index is 0.182. The molecule has 96 valence electrons. The Bertz CT molecular complexity index is 307. The predicted octanol–water partition coefficient (Wildman–Crippen LogP) is 3.40. The molecule has 0 heterocycles. The minimum Gasteiger partial charge on any atom is -0.489 e. The van der Waals surface area contributed by atoms with Gasteiger partial charge in [0.2, 0.25) is 0 Å². The molecule has 0 saturated heterocycles. The maximum absolute atomic E-state index is 5.86. The number of nitrogens with one attached hydrogen (secondary N) is 1. The van der Waals surface area contributed by atoms with E-state index in [0.29, 0.717) is 6.04 Å². The van der Waals surface area contributed by atoms with Crippen molar-refractivity contribution < 1.29 is 4.74 Å². The molecule has 0 aromatic heterocycles. The van der Waals surface area contributed by atoms with Crippen LogP contribution in [0, 0.1) is 0 Å². The van der Waals surface area contributed by atoms with Gasteiger partial charge >= 0.3 is 0 Å². The van der Waals surface area contributed by atoms with E-state index in [9.17, 15) is 0 Å². The summed E-state index contributed by atoms with van der Waals surface area (Å²) in [7, 11) is 1.96. The van der Waals surface area contributed by atoms with Crippen molar-refractivity contribution in [3.05, 3.63) is 29.8 Å². The quantitative estimate of drug-likeness (QED) is 0.782. The van der Waals surface area contributed by atoms with Crippen LogP contribution in [-0.4, -0.2) is 19.2 Å². The van der Waals surface area contributed by atoms with Crippen LogP contribution >= 0.6 is 0 Å². The first-order valence-electron chi connectivity index (χ1n) is 6.60. The Kier molecular flexibility index (Phi) is 6.06. The fraction of sp³-hybridized carbons (Fsp3) is 0.600. The molecular formula is C15H25NO. The third-order valence-electron chi connectivity index (χ3n) is 3.22. The van der Waals surface area contributed by atoms with Gasteiger partial charge in [0.1, 0.15) is 11.9 Å². The van der Waals surface area contributed by atoms with E-state index >= 15 is 0 Å². The van der Waals surface area contributed by atoms with Crippen LogP contribution < -0.4 is 10.1 Å². The largest absolute Gasteiger partial charge is 0.489 e. The summed E-state index contributed by atoms with van der Waals surface area (Å²) >= 11 is 0. The topological polar surface area (TPSA) is 21.3 Å². The summed E-state index contributed by atoms with van der Waals surface area (Å²) < 4.78 is 5.86. The Morgan fingerprint density at radius 1 is 1.18 bits per heavy atom. The number of hydrogen-bond donors (Lipinski definition) is 1. The number of likely N-dealkylation sites (N-methyl/N-ethyl adjacent to an activating group) is 1. The molecule has 1 rings (SSSR count). The molecule has 2 nitrogen and oxygen atoms in total. The van der Waals surface area contributed by atoms with Gasteiger partial charge in [0.05, 0.1) is 0 Å². The van der Waals surface area contributed by atoms with E-state index in [1.165, 1.54) is 24.8 Å². The summed E-state index contributed by atoms with van der Waals surface area (Å²) in [6, 6.07) is 8.84. The fourth-order valence-corrected chi connectivity index (χ4v) is 1.67. The normalized spacial score (nSPS) is 14.4. The number of unbranched alkanes of at least 4 members (excludes halogenated alkanes) is 1. The van der Waals surface area contributed by atoms with Crippen LogP contribution in [0.1, 0.15) is 39.2 Å². The number of benzene rings is 1. The van der Waals surface area contributed by atoms with Crippen LogP contribution in [0.2, 0.25) is 0 Å². The van der Waals surface area contributed by atoms with Crippen molar-refractivity contribution in [2.45, 2.75) is 52.2 Å². The number of hydrogen-bond acceptors (Lipinski definition) is 2. The van der Waals surface area contributed by atoms with Crippen molar-refractivity contribution in [3.8, 4) is 5.75 Å². The van der Waals surface area contributed by atoms with Gasteiger partial charge in [0.25, 0.3) is 0 Å². The molecule has 1 N–H and O–H groups in total. The van der Waals surface area contributed by atoms with E-state index in [-0.39, 0.29) is 6.10 Å².